The second-order valence-corrected chi connectivity index (χ2v) is 10.8. The van der Waals surface area contributed by atoms with Crippen LogP contribution >= 0.6 is 23.5 Å². The van der Waals surface area contributed by atoms with E-state index < -0.39 is 0 Å². The second kappa shape index (κ2) is 18.5. The van der Waals surface area contributed by atoms with Crippen LogP contribution in [-0.2, 0) is 0 Å². The average Bonchev–Trinajstić information content (AvgIpc) is 2.84. The average molecular weight is 473 g/mol. The highest BCUT2D eigenvalue weighted by molar-refractivity contribution is 7.99. The molecule has 0 heterocycles. The number of thioether (sulfide) groups is 2. The molecule has 2 nitrogen and oxygen atoms in total. The Morgan fingerprint density at radius 2 is 0.969 bits per heavy atom. The summed E-state index contributed by atoms with van der Waals surface area (Å²) >= 11 is 4.12. The molecule has 0 aliphatic heterocycles. The van der Waals surface area contributed by atoms with Gasteiger partial charge in [-0.25, -0.2) is 0 Å². The number of benzene rings is 2. The number of rotatable bonds is 19. The molecule has 0 spiro atoms. The molecule has 4 heteroatoms. The fraction of sp³-hybridized carbons (Fsp3) is 0.571. The summed E-state index contributed by atoms with van der Waals surface area (Å²) in [5.74, 6) is 2.44. The molecule has 0 bridgehead atoms. The molecule has 0 saturated carbocycles. The van der Waals surface area contributed by atoms with Gasteiger partial charge in [0.1, 0.15) is 0 Å². The van der Waals surface area contributed by atoms with Gasteiger partial charge in [0.25, 0.3) is 0 Å². The standard InChI is InChI=1S/C28H44N2S2/c1-3-5-7-15-23-31-27(25-17-11-9-12-18-25)29-21-22-30-28(26-19-13-10-14-20-26)32-24-16-8-6-4-2/h9-14,17-20,27-30H,3-8,15-16,21-24H2,1-2H3. The van der Waals surface area contributed by atoms with Crippen LogP contribution in [0.3, 0.4) is 0 Å². The molecular weight excluding hydrogens is 428 g/mol. The molecule has 0 radical (unpaired) electrons. The van der Waals surface area contributed by atoms with Crippen molar-refractivity contribution in [2.75, 3.05) is 24.6 Å². The fourth-order valence-corrected chi connectivity index (χ4v) is 6.05. The van der Waals surface area contributed by atoms with E-state index >= 15 is 0 Å². The van der Waals surface area contributed by atoms with Crippen molar-refractivity contribution in [2.24, 2.45) is 0 Å². The van der Waals surface area contributed by atoms with Crippen molar-refractivity contribution in [3.05, 3.63) is 71.8 Å². The molecule has 32 heavy (non-hydrogen) atoms. The zero-order valence-electron chi connectivity index (χ0n) is 20.2. The van der Waals surface area contributed by atoms with Crippen molar-refractivity contribution in [3.63, 3.8) is 0 Å². The fourth-order valence-electron chi connectivity index (χ4n) is 3.67. The van der Waals surface area contributed by atoms with Crippen LogP contribution in [-0.4, -0.2) is 24.6 Å². The van der Waals surface area contributed by atoms with Crippen molar-refractivity contribution in [1.29, 1.82) is 0 Å². The van der Waals surface area contributed by atoms with E-state index in [2.05, 4.69) is 109 Å². The molecule has 0 saturated heterocycles. The minimum atomic E-state index is 0.372. The van der Waals surface area contributed by atoms with E-state index in [-0.39, 0.29) is 0 Å². The highest BCUT2D eigenvalue weighted by atomic mass is 32.2. The summed E-state index contributed by atoms with van der Waals surface area (Å²) < 4.78 is 0. The Hall–Kier alpha value is -0.940. The summed E-state index contributed by atoms with van der Waals surface area (Å²) in [6, 6.07) is 21.8. The molecule has 2 aromatic carbocycles. The van der Waals surface area contributed by atoms with Gasteiger partial charge < -0.3 is 10.6 Å². The Labute approximate surface area is 206 Å². The highest BCUT2D eigenvalue weighted by Crippen LogP contribution is 2.28. The smallest absolute Gasteiger partial charge is 0.0789 e. The first-order chi connectivity index (χ1) is 15.8. The molecule has 0 fully saturated rings. The number of hydrogen-bond donors (Lipinski definition) is 2. The minimum Gasteiger partial charge on any atom is -0.300 e. The summed E-state index contributed by atoms with van der Waals surface area (Å²) in [4.78, 5) is 0. The monoisotopic (exact) mass is 472 g/mol. The van der Waals surface area contributed by atoms with Crippen LogP contribution in [0.1, 0.15) is 87.1 Å². The lowest BCUT2D eigenvalue weighted by Gasteiger charge is -2.22. The molecule has 0 aliphatic rings. The van der Waals surface area contributed by atoms with Crippen molar-refractivity contribution < 1.29 is 0 Å². The van der Waals surface area contributed by atoms with E-state index in [0.717, 1.165) is 13.1 Å². The largest absolute Gasteiger partial charge is 0.300 e. The molecule has 2 rings (SSSR count). The van der Waals surface area contributed by atoms with E-state index in [1.807, 2.05) is 0 Å². The zero-order valence-corrected chi connectivity index (χ0v) is 21.9. The SMILES string of the molecule is CCCCCCSC(NCCNC(SCCCCCC)c1ccccc1)c1ccccc1. The van der Waals surface area contributed by atoms with Gasteiger partial charge in [-0.1, -0.05) is 113 Å². The Bertz CT molecular complexity index is 606. The molecule has 2 aromatic rings. The maximum absolute atomic E-state index is 3.81. The number of unbranched alkanes of at least 4 members (excludes halogenated alkanes) is 6. The minimum absolute atomic E-state index is 0.372. The zero-order chi connectivity index (χ0) is 22.7. The van der Waals surface area contributed by atoms with Gasteiger partial charge in [0.15, 0.2) is 0 Å². The summed E-state index contributed by atoms with van der Waals surface area (Å²) in [5, 5.41) is 8.36. The first-order valence-corrected chi connectivity index (χ1v) is 14.7. The maximum Gasteiger partial charge on any atom is 0.0789 e. The van der Waals surface area contributed by atoms with E-state index in [4.69, 9.17) is 0 Å². The highest BCUT2D eigenvalue weighted by Gasteiger charge is 2.13. The van der Waals surface area contributed by atoms with Crippen molar-refractivity contribution >= 4 is 23.5 Å². The maximum atomic E-state index is 3.81. The van der Waals surface area contributed by atoms with Crippen LogP contribution in [0.4, 0.5) is 0 Å². The third-order valence-corrected chi connectivity index (χ3v) is 8.15. The van der Waals surface area contributed by atoms with Crippen LogP contribution < -0.4 is 10.6 Å². The second-order valence-electron chi connectivity index (χ2n) is 8.35. The first-order valence-electron chi connectivity index (χ1n) is 12.6. The van der Waals surface area contributed by atoms with Gasteiger partial charge in [0.2, 0.25) is 0 Å². The van der Waals surface area contributed by atoms with Crippen molar-refractivity contribution in [3.8, 4) is 0 Å². The van der Waals surface area contributed by atoms with E-state index in [0.29, 0.717) is 10.7 Å². The summed E-state index contributed by atoms with van der Waals surface area (Å²) in [6.45, 7) is 6.50. The van der Waals surface area contributed by atoms with Crippen LogP contribution in [0.5, 0.6) is 0 Å². The lowest BCUT2D eigenvalue weighted by molar-refractivity contribution is 0.596. The first kappa shape index (κ1) is 27.3. The molecule has 178 valence electrons. The predicted molar refractivity (Wildman–Crippen MR) is 148 cm³/mol. The topological polar surface area (TPSA) is 24.1 Å². The van der Waals surface area contributed by atoms with Crippen LogP contribution in [0.15, 0.2) is 60.7 Å². The summed E-state index contributed by atoms with van der Waals surface area (Å²) in [6.07, 6.45) is 10.6. The van der Waals surface area contributed by atoms with Crippen molar-refractivity contribution in [2.45, 2.75) is 76.0 Å². The summed E-state index contributed by atoms with van der Waals surface area (Å²) in [5.41, 5.74) is 2.77. The van der Waals surface area contributed by atoms with Gasteiger partial charge in [-0.15, -0.1) is 23.5 Å². The number of nitrogens with one attached hydrogen (secondary N) is 2. The van der Waals surface area contributed by atoms with Crippen LogP contribution in [0, 0.1) is 0 Å². The Morgan fingerprint density at radius 1 is 0.562 bits per heavy atom. The molecule has 0 aliphatic carbocycles. The van der Waals surface area contributed by atoms with Gasteiger partial charge in [-0.05, 0) is 35.5 Å². The third-order valence-electron chi connectivity index (χ3n) is 5.55. The van der Waals surface area contributed by atoms with Gasteiger partial charge >= 0.3 is 0 Å². The quantitative estimate of drug-likeness (QED) is 0.159. The van der Waals surface area contributed by atoms with Crippen LogP contribution in [0.2, 0.25) is 0 Å². The van der Waals surface area contributed by atoms with Crippen molar-refractivity contribution in [1.82, 2.24) is 10.6 Å². The third kappa shape index (κ3) is 11.8. The molecule has 2 N–H and O–H groups in total. The Kier molecular flexibility index (Phi) is 15.8. The molecule has 0 amide bonds. The summed E-state index contributed by atoms with van der Waals surface area (Å²) in [7, 11) is 0. The van der Waals surface area contributed by atoms with Crippen LogP contribution in [0.25, 0.3) is 0 Å². The Balaban J connectivity index is 1.81. The lowest BCUT2D eigenvalue weighted by atomic mass is 10.2. The molecule has 0 aromatic heterocycles. The van der Waals surface area contributed by atoms with Gasteiger partial charge in [-0.2, -0.15) is 0 Å². The Morgan fingerprint density at radius 3 is 1.34 bits per heavy atom. The predicted octanol–water partition coefficient (Wildman–Crippen LogP) is 8.19. The van der Waals surface area contributed by atoms with Gasteiger partial charge in [0.05, 0.1) is 10.7 Å². The normalized spacial score (nSPS) is 13.2. The van der Waals surface area contributed by atoms with E-state index in [1.165, 1.54) is 74.0 Å². The van der Waals surface area contributed by atoms with Gasteiger partial charge in [0, 0.05) is 13.1 Å². The molecule has 2 unspecified atom stereocenters. The van der Waals surface area contributed by atoms with Gasteiger partial charge in [-0.3, -0.25) is 0 Å². The number of hydrogen-bond acceptors (Lipinski definition) is 4. The van der Waals surface area contributed by atoms with E-state index in [1.54, 1.807) is 0 Å². The lowest BCUT2D eigenvalue weighted by Crippen LogP contribution is -2.31. The molecule has 2 atom stereocenters. The molecular formula is C28H44N2S2. The van der Waals surface area contributed by atoms with E-state index in [9.17, 15) is 0 Å².